The van der Waals surface area contributed by atoms with E-state index in [0.29, 0.717) is 16.7 Å². The van der Waals surface area contributed by atoms with E-state index >= 15 is 0 Å². The van der Waals surface area contributed by atoms with Gasteiger partial charge in [0, 0.05) is 15.7 Å². The molecule has 3 rings (SSSR count). The lowest BCUT2D eigenvalue weighted by atomic mass is 9.99. The van der Waals surface area contributed by atoms with Gasteiger partial charge in [0.2, 0.25) is 0 Å². The highest BCUT2D eigenvalue weighted by atomic mass is 31.1. The van der Waals surface area contributed by atoms with Crippen molar-refractivity contribution in [2.24, 2.45) is 0 Å². The molecule has 0 aliphatic heterocycles. The van der Waals surface area contributed by atoms with Crippen LogP contribution in [0.5, 0.6) is 0 Å². The summed E-state index contributed by atoms with van der Waals surface area (Å²) in [5.41, 5.74) is 1.62. The van der Waals surface area contributed by atoms with Gasteiger partial charge < -0.3 is 10.00 Å². The number of aliphatic hydroxyl groups is 1. The van der Waals surface area contributed by atoms with Gasteiger partial charge in [-0.3, -0.25) is 9.32 Å². The predicted molar refractivity (Wildman–Crippen MR) is 81.7 cm³/mol. The van der Waals surface area contributed by atoms with Gasteiger partial charge in [0.05, 0.1) is 5.56 Å². The molecule has 0 heterocycles. The molecule has 3 unspecified atom stereocenters. The lowest BCUT2D eigenvalue weighted by Crippen LogP contribution is -2.30. The minimum Gasteiger partial charge on any atom is -0.352 e. The number of ketones is 1. The summed E-state index contributed by atoms with van der Waals surface area (Å²) in [6.45, 7) is 0. The third-order valence-electron chi connectivity index (χ3n) is 3.48. The summed E-state index contributed by atoms with van der Waals surface area (Å²) in [5.74, 6) is -3.08. The largest absolute Gasteiger partial charge is 0.700 e. The van der Waals surface area contributed by atoms with E-state index in [0.717, 1.165) is 0 Å². The zero-order valence-corrected chi connectivity index (χ0v) is 13.4. The number of carbonyl (C=O) groups is 1. The molecule has 0 aromatic heterocycles. The Kier molecular flexibility index (Phi) is 4.36. The van der Waals surface area contributed by atoms with Gasteiger partial charge in [-0.25, -0.2) is 0 Å². The van der Waals surface area contributed by atoms with Crippen LogP contribution in [0.2, 0.25) is 0 Å². The van der Waals surface area contributed by atoms with Crippen LogP contribution in [0, 0.1) is 0 Å². The quantitative estimate of drug-likeness (QED) is 0.476. The third kappa shape index (κ3) is 2.73. The Morgan fingerprint density at radius 3 is 2.35 bits per heavy atom. The van der Waals surface area contributed by atoms with E-state index in [1.54, 1.807) is 36.4 Å². The molecule has 0 amide bonds. The Morgan fingerprint density at radius 2 is 1.70 bits per heavy atom. The maximum Gasteiger partial charge on any atom is 0.700 e. The monoisotopic (exact) mass is 353 g/mol. The molecule has 23 heavy (non-hydrogen) atoms. The molecule has 3 N–H and O–H groups in total. The molecule has 0 bridgehead atoms. The molecule has 0 fully saturated rings. The molecule has 0 spiro atoms. The fourth-order valence-corrected chi connectivity index (χ4v) is 3.32. The molecule has 0 radical (unpaired) electrons. The standard InChI is InChI=1S/C14H10O7P2/c15-13-10-5-2-1-4-8(10)9-6-3-7-11(12(9)13)14(16,20-22-17)21-23(18)19/h1-7,16-17,22H/p+1. The first-order valence-electron chi connectivity index (χ1n) is 6.40. The van der Waals surface area contributed by atoms with Gasteiger partial charge in [0.25, 0.3) is 0 Å². The Bertz CT molecular complexity index is 807. The molecule has 9 heteroatoms. The summed E-state index contributed by atoms with van der Waals surface area (Å²) in [4.78, 5) is 30.5. The van der Waals surface area contributed by atoms with Crippen LogP contribution in [0.25, 0.3) is 11.1 Å². The normalized spacial score (nSPS) is 16.3. The number of carbonyl (C=O) groups excluding carboxylic acids is 1. The second-order valence-electron chi connectivity index (χ2n) is 4.71. The van der Waals surface area contributed by atoms with Gasteiger partial charge in [-0.05, 0) is 21.7 Å². The highest BCUT2D eigenvalue weighted by Crippen LogP contribution is 2.45. The highest BCUT2D eigenvalue weighted by Gasteiger charge is 2.46. The van der Waals surface area contributed by atoms with Gasteiger partial charge in [0.1, 0.15) is 0 Å². The Morgan fingerprint density at radius 1 is 1.04 bits per heavy atom. The second kappa shape index (κ2) is 6.15. The van der Waals surface area contributed by atoms with Crippen LogP contribution in [0.4, 0.5) is 0 Å². The molecule has 118 valence electrons. The minimum absolute atomic E-state index is 0.103. The first-order valence-corrected chi connectivity index (χ1v) is 8.39. The average Bonchev–Trinajstić information content (AvgIpc) is 2.81. The smallest absolute Gasteiger partial charge is 0.352 e. The maximum atomic E-state index is 12.6. The highest BCUT2D eigenvalue weighted by molar-refractivity contribution is 7.32. The van der Waals surface area contributed by atoms with E-state index in [2.05, 4.69) is 4.52 Å². The Hall–Kier alpha value is -1.56. The predicted octanol–water partition coefficient (Wildman–Crippen LogP) is 2.18. The van der Waals surface area contributed by atoms with E-state index in [9.17, 15) is 14.5 Å². The zero-order chi connectivity index (χ0) is 16.6. The van der Waals surface area contributed by atoms with Crippen molar-refractivity contribution in [3.8, 4) is 11.1 Å². The average molecular weight is 353 g/mol. The molecule has 1 aliphatic carbocycles. The molecule has 0 saturated carbocycles. The molecule has 7 nitrogen and oxygen atoms in total. The van der Waals surface area contributed by atoms with Gasteiger partial charge in [-0.1, -0.05) is 36.4 Å². The fourth-order valence-electron chi connectivity index (χ4n) is 2.63. The maximum absolute atomic E-state index is 12.6. The van der Waals surface area contributed by atoms with Crippen molar-refractivity contribution in [1.29, 1.82) is 0 Å². The first-order chi connectivity index (χ1) is 11.0. The van der Waals surface area contributed by atoms with Crippen LogP contribution in [-0.4, -0.2) is 20.7 Å². The van der Waals surface area contributed by atoms with Gasteiger partial charge in [0.15, 0.2) is 14.8 Å². The number of hydrogen-bond acceptors (Lipinski definition) is 6. The number of fused-ring (bicyclic) bond motifs is 3. The van der Waals surface area contributed by atoms with E-state index in [-0.39, 0.29) is 16.9 Å². The topological polar surface area (TPSA) is 113 Å². The van der Waals surface area contributed by atoms with Crippen LogP contribution in [-0.2, 0) is 19.6 Å². The number of hydrogen-bond donors (Lipinski definition) is 3. The second-order valence-corrected chi connectivity index (χ2v) is 5.75. The zero-order valence-electron chi connectivity index (χ0n) is 11.5. The van der Waals surface area contributed by atoms with Crippen molar-refractivity contribution in [1.82, 2.24) is 0 Å². The number of rotatable bonds is 5. The lowest BCUT2D eigenvalue weighted by molar-refractivity contribution is -0.282. The third-order valence-corrected chi connectivity index (χ3v) is 4.25. The lowest BCUT2D eigenvalue weighted by Gasteiger charge is -2.22. The van der Waals surface area contributed by atoms with Crippen LogP contribution >= 0.6 is 17.3 Å². The van der Waals surface area contributed by atoms with E-state index in [1.165, 1.54) is 6.07 Å². The Labute approximate surface area is 133 Å². The van der Waals surface area contributed by atoms with Crippen molar-refractivity contribution in [2.45, 2.75) is 5.97 Å². The Balaban J connectivity index is 2.21. The van der Waals surface area contributed by atoms with Gasteiger partial charge >= 0.3 is 14.2 Å². The van der Waals surface area contributed by atoms with Gasteiger partial charge in [-0.2, -0.15) is 0 Å². The van der Waals surface area contributed by atoms with Crippen LogP contribution in [0.3, 0.4) is 0 Å². The van der Waals surface area contributed by atoms with Crippen LogP contribution < -0.4 is 0 Å². The molecule has 0 saturated heterocycles. The van der Waals surface area contributed by atoms with E-state index in [4.69, 9.17) is 14.3 Å². The summed E-state index contributed by atoms with van der Waals surface area (Å²) >= 11 is 0. The minimum atomic E-state index is -3.25. The summed E-state index contributed by atoms with van der Waals surface area (Å²) < 4.78 is 20.2. The fraction of sp³-hybridized carbons (Fsp3) is 0.0714. The molecule has 1 aliphatic rings. The molecule has 3 atom stereocenters. The SMILES string of the molecule is O=C1c2ccccc2-c2cccc(C(O)(OPO)O[P+](=O)O)c21. The van der Waals surface area contributed by atoms with Crippen molar-refractivity contribution >= 4 is 23.1 Å². The molecular weight excluding hydrogens is 342 g/mol. The summed E-state index contributed by atoms with van der Waals surface area (Å²) in [5, 5.41) is 10.4. The van der Waals surface area contributed by atoms with Crippen LogP contribution in [0.1, 0.15) is 21.5 Å². The van der Waals surface area contributed by atoms with Crippen LogP contribution in [0.15, 0.2) is 42.5 Å². The molecule has 2 aromatic carbocycles. The molecule has 2 aromatic rings. The summed E-state index contributed by atoms with van der Waals surface area (Å²) in [6, 6.07) is 11.4. The molecular formula is C14H11O7P2+. The summed E-state index contributed by atoms with van der Waals surface area (Å²) in [7, 11) is -4.47. The van der Waals surface area contributed by atoms with Gasteiger partial charge in [-0.15, -0.1) is 4.89 Å². The summed E-state index contributed by atoms with van der Waals surface area (Å²) in [6.07, 6.45) is 0. The van der Waals surface area contributed by atoms with E-state index in [1.807, 2.05) is 0 Å². The van der Waals surface area contributed by atoms with Crippen molar-refractivity contribution < 1.29 is 33.3 Å². The van der Waals surface area contributed by atoms with Crippen molar-refractivity contribution in [3.63, 3.8) is 0 Å². The first kappa shape index (κ1) is 16.3. The number of benzene rings is 2. The van der Waals surface area contributed by atoms with Crippen molar-refractivity contribution in [3.05, 3.63) is 59.2 Å². The van der Waals surface area contributed by atoms with Crippen molar-refractivity contribution in [2.75, 3.05) is 0 Å². The van der Waals surface area contributed by atoms with E-state index < -0.39 is 23.3 Å².